The minimum atomic E-state index is -1.49. The molecule has 1 saturated carbocycles. The number of halogens is 4. The number of benzene rings is 1. The van der Waals surface area contributed by atoms with Crippen LogP contribution in [-0.2, 0) is 13.0 Å². The molecule has 0 spiro atoms. The molecule has 0 saturated heterocycles. The summed E-state index contributed by atoms with van der Waals surface area (Å²) in [5, 5.41) is 8.62. The van der Waals surface area contributed by atoms with Crippen molar-refractivity contribution in [2.24, 2.45) is 5.92 Å². The van der Waals surface area contributed by atoms with Crippen LogP contribution < -0.4 is 0 Å². The summed E-state index contributed by atoms with van der Waals surface area (Å²) in [4.78, 5) is 0. The van der Waals surface area contributed by atoms with Gasteiger partial charge in [0.25, 0.3) is 0 Å². The topological polar surface area (TPSA) is 20.2 Å². The Balaban J connectivity index is 2.51. The molecule has 1 N–H and O–H groups in total. The van der Waals surface area contributed by atoms with Crippen LogP contribution >= 0.6 is 0 Å². The molecule has 0 radical (unpaired) electrons. The quantitative estimate of drug-likeness (QED) is 0.629. The van der Waals surface area contributed by atoms with Crippen molar-refractivity contribution < 1.29 is 22.7 Å². The van der Waals surface area contributed by atoms with Gasteiger partial charge in [0.1, 0.15) is 0 Å². The Bertz CT molecular complexity index is 397. The first-order valence-electron chi connectivity index (χ1n) is 5.00. The zero-order valence-electron chi connectivity index (χ0n) is 8.36. The molecule has 1 fully saturated rings. The third-order valence-electron chi connectivity index (χ3n) is 2.79. The van der Waals surface area contributed by atoms with Crippen LogP contribution in [0.5, 0.6) is 0 Å². The molecule has 2 rings (SSSR count). The lowest BCUT2D eigenvalue weighted by Crippen LogP contribution is -2.09. The summed E-state index contributed by atoms with van der Waals surface area (Å²) in [5.41, 5.74) is -1.50. The maximum absolute atomic E-state index is 13.4. The number of hydrogen-bond acceptors (Lipinski definition) is 1. The van der Waals surface area contributed by atoms with E-state index in [1.807, 2.05) is 0 Å². The van der Waals surface area contributed by atoms with Crippen molar-refractivity contribution in [1.29, 1.82) is 0 Å². The van der Waals surface area contributed by atoms with Gasteiger partial charge in [-0.15, -0.1) is 0 Å². The fourth-order valence-electron chi connectivity index (χ4n) is 1.65. The molecular formula is C11H10F4O. The maximum atomic E-state index is 13.4. The number of hydrogen-bond donors (Lipinski definition) is 1. The second-order valence-electron chi connectivity index (χ2n) is 4.02. The molecule has 1 aromatic rings. The largest absolute Gasteiger partial charge is 0.391 e. The average Bonchev–Trinajstić information content (AvgIpc) is 3.06. The summed E-state index contributed by atoms with van der Waals surface area (Å²) in [7, 11) is 0. The summed E-state index contributed by atoms with van der Waals surface area (Å²) < 4.78 is 53.2. The summed E-state index contributed by atoms with van der Waals surface area (Å²) in [6, 6.07) is 0. The number of aliphatic hydroxyl groups excluding tert-OH is 1. The summed E-state index contributed by atoms with van der Waals surface area (Å²) in [6.07, 6.45) is 1.66. The van der Waals surface area contributed by atoms with E-state index in [1.54, 1.807) is 0 Å². The van der Waals surface area contributed by atoms with E-state index in [4.69, 9.17) is 5.11 Å². The maximum Gasteiger partial charge on any atom is 0.167 e. The minimum absolute atomic E-state index is 0.0111. The minimum Gasteiger partial charge on any atom is -0.391 e. The lowest BCUT2D eigenvalue weighted by atomic mass is 10.0. The Morgan fingerprint density at radius 2 is 1.31 bits per heavy atom. The van der Waals surface area contributed by atoms with Crippen LogP contribution in [0, 0.1) is 29.2 Å². The van der Waals surface area contributed by atoms with Crippen molar-refractivity contribution in [3.63, 3.8) is 0 Å². The highest BCUT2D eigenvalue weighted by Gasteiger charge is 2.29. The van der Waals surface area contributed by atoms with Gasteiger partial charge >= 0.3 is 0 Å². The third-order valence-corrected chi connectivity index (χ3v) is 2.79. The first kappa shape index (κ1) is 11.4. The molecule has 0 aliphatic heterocycles. The van der Waals surface area contributed by atoms with Crippen LogP contribution in [0.3, 0.4) is 0 Å². The second-order valence-corrected chi connectivity index (χ2v) is 4.02. The SMILES string of the molecule is OCc1c(F)c(F)c(CC2CC2)c(F)c1F. The van der Waals surface area contributed by atoms with Gasteiger partial charge in [-0.3, -0.25) is 0 Å². The molecule has 0 atom stereocenters. The van der Waals surface area contributed by atoms with Gasteiger partial charge < -0.3 is 5.11 Å². The average molecular weight is 234 g/mol. The Labute approximate surface area is 89.7 Å². The fraction of sp³-hybridized carbons (Fsp3) is 0.455. The van der Waals surface area contributed by atoms with Crippen LogP contribution in [-0.4, -0.2) is 5.11 Å². The second kappa shape index (κ2) is 4.05. The van der Waals surface area contributed by atoms with Crippen molar-refractivity contribution in [3.05, 3.63) is 34.4 Å². The molecular weight excluding hydrogens is 224 g/mol. The van der Waals surface area contributed by atoms with E-state index in [2.05, 4.69) is 0 Å². The van der Waals surface area contributed by atoms with E-state index >= 15 is 0 Å². The Hall–Kier alpha value is -1.10. The molecule has 1 aliphatic carbocycles. The van der Waals surface area contributed by atoms with E-state index in [0.717, 1.165) is 12.8 Å². The van der Waals surface area contributed by atoms with Gasteiger partial charge in [-0.05, 0) is 25.2 Å². The zero-order chi connectivity index (χ0) is 11.9. The van der Waals surface area contributed by atoms with Crippen molar-refractivity contribution in [3.8, 4) is 0 Å². The normalized spacial score (nSPS) is 15.6. The van der Waals surface area contributed by atoms with Crippen molar-refractivity contribution in [2.75, 3.05) is 0 Å². The first-order valence-corrected chi connectivity index (χ1v) is 5.00. The van der Waals surface area contributed by atoms with E-state index in [-0.39, 0.29) is 12.3 Å². The van der Waals surface area contributed by atoms with Crippen LogP contribution in [0.2, 0.25) is 0 Å². The van der Waals surface area contributed by atoms with E-state index in [0.29, 0.717) is 0 Å². The van der Waals surface area contributed by atoms with Gasteiger partial charge in [0.15, 0.2) is 23.3 Å². The molecule has 1 aliphatic rings. The molecule has 0 amide bonds. The highest BCUT2D eigenvalue weighted by molar-refractivity contribution is 5.30. The first-order chi connectivity index (χ1) is 7.56. The highest BCUT2D eigenvalue weighted by atomic mass is 19.2. The summed E-state index contributed by atoms with van der Waals surface area (Å²) in [6.45, 7) is -1.06. The van der Waals surface area contributed by atoms with Crippen LogP contribution in [0.1, 0.15) is 24.0 Å². The number of rotatable bonds is 3. The van der Waals surface area contributed by atoms with Crippen molar-refractivity contribution in [2.45, 2.75) is 25.9 Å². The molecule has 16 heavy (non-hydrogen) atoms. The smallest absolute Gasteiger partial charge is 0.167 e. The van der Waals surface area contributed by atoms with Gasteiger partial charge in [-0.25, -0.2) is 17.6 Å². The fourth-order valence-corrected chi connectivity index (χ4v) is 1.65. The Morgan fingerprint density at radius 1 is 0.875 bits per heavy atom. The summed E-state index contributed by atoms with van der Waals surface area (Å²) >= 11 is 0. The molecule has 0 heterocycles. The van der Waals surface area contributed by atoms with Crippen molar-refractivity contribution >= 4 is 0 Å². The third kappa shape index (κ3) is 1.80. The lowest BCUT2D eigenvalue weighted by Gasteiger charge is -2.10. The zero-order valence-corrected chi connectivity index (χ0v) is 8.36. The van der Waals surface area contributed by atoms with Crippen LogP contribution in [0.15, 0.2) is 0 Å². The van der Waals surface area contributed by atoms with Gasteiger partial charge in [-0.2, -0.15) is 0 Å². The predicted molar refractivity (Wildman–Crippen MR) is 48.6 cm³/mol. The van der Waals surface area contributed by atoms with Crippen LogP contribution in [0.25, 0.3) is 0 Å². The van der Waals surface area contributed by atoms with Gasteiger partial charge in [-0.1, -0.05) is 0 Å². The van der Waals surface area contributed by atoms with Crippen molar-refractivity contribution in [1.82, 2.24) is 0 Å². The predicted octanol–water partition coefficient (Wildman–Crippen LogP) is 2.69. The monoisotopic (exact) mass is 234 g/mol. The standard InChI is InChI=1S/C11H10F4O/c12-8-6(3-5-1-2-5)9(13)11(15)7(4-16)10(8)14/h5,16H,1-4H2. The molecule has 0 unspecified atom stereocenters. The lowest BCUT2D eigenvalue weighted by molar-refractivity contribution is 0.262. The summed E-state index contributed by atoms with van der Waals surface area (Å²) in [5.74, 6) is -5.62. The Morgan fingerprint density at radius 3 is 1.69 bits per heavy atom. The van der Waals surface area contributed by atoms with Gasteiger partial charge in [0.05, 0.1) is 12.2 Å². The Kier molecular flexibility index (Phi) is 2.88. The number of aliphatic hydroxyl groups is 1. The molecule has 0 aromatic heterocycles. The van der Waals surface area contributed by atoms with Crippen LogP contribution in [0.4, 0.5) is 17.6 Å². The molecule has 0 bridgehead atoms. The van der Waals surface area contributed by atoms with E-state index < -0.39 is 41.0 Å². The van der Waals surface area contributed by atoms with E-state index in [9.17, 15) is 17.6 Å². The molecule has 88 valence electrons. The molecule has 1 nitrogen and oxygen atoms in total. The van der Waals surface area contributed by atoms with Gasteiger partial charge in [0.2, 0.25) is 0 Å². The van der Waals surface area contributed by atoms with Gasteiger partial charge in [0, 0.05) is 5.56 Å². The molecule has 5 heteroatoms. The van der Waals surface area contributed by atoms with E-state index in [1.165, 1.54) is 0 Å². The highest BCUT2D eigenvalue weighted by Crippen LogP contribution is 2.35. The molecule has 1 aromatic carbocycles.